The lowest BCUT2D eigenvalue weighted by Crippen LogP contribution is -2.17. The molecular weight excluding hydrogens is 763 g/mol. The summed E-state index contributed by atoms with van der Waals surface area (Å²) in [6, 6.07) is 63.2. The van der Waals surface area contributed by atoms with Gasteiger partial charge in [-0.3, -0.25) is 4.98 Å². The highest BCUT2D eigenvalue weighted by atomic mass is 15.1. The molecule has 3 heteroatoms. The average Bonchev–Trinajstić information content (AvgIpc) is 3.36. The van der Waals surface area contributed by atoms with Crippen LogP contribution < -0.4 is 4.90 Å². The molecule has 63 heavy (non-hydrogen) atoms. The number of anilines is 3. The normalized spacial score (nSPS) is 14.5. The molecule has 3 nitrogen and oxygen atoms in total. The van der Waals surface area contributed by atoms with Crippen molar-refractivity contribution in [3.8, 4) is 50.6 Å². The van der Waals surface area contributed by atoms with Crippen molar-refractivity contribution in [3.63, 3.8) is 0 Å². The van der Waals surface area contributed by atoms with E-state index in [2.05, 4.69) is 192 Å². The number of allylic oxidation sites excluding steroid dienone is 7. The Morgan fingerprint density at radius 3 is 1.89 bits per heavy atom. The summed E-state index contributed by atoms with van der Waals surface area (Å²) in [5.74, 6) is 0.275. The quantitative estimate of drug-likeness (QED) is 0.151. The lowest BCUT2D eigenvalue weighted by molar-refractivity contribution is 0.893. The minimum absolute atomic E-state index is 0.275. The zero-order valence-corrected chi connectivity index (χ0v) is 34.4. The summed E-state index contributed by atoms with van der Waals surface area (Å²) < 4.78 is 0. The van der Waals surface area contributed by atoms with Gasteiger partial charge in [0, 0.05) is 35.4 Å². The molecule has 8 aromatic carbocycles. The van der Waals surface area contributed by atoms with Crippen molar-refractivity contribution < 1.29 is 0 Å². The predicted octanol–water partition coefficient (Wildman–Crippen LogP) is 15.5. The highest BCUT2D eigenvalue weighted by Crippen LogP contribution is 2.52. The van der Waals surface area contributed by atoms with E-state index in [-0.39, 0.29) is 5.92 Å². The molecule has 0 spiro atoms. The van der Waals surface area contributed by atoms with Crippen LogP contribution in [0.1, 0.15) is 28.2 Å². The first kappa shape index (κ1) is 36.5. The SMILES string of the molecule is N#Cc1ccc(N(c2ccc(-c3cccnc3)cc2)c2ccc(-c3ccc4c(-c5ccccc5)c5ccccc5c(-c5ccc6c7c5C=CC5=CC=CC(=CC6)C57)c4c3)cc2)cc1. The molecule has 0 aliphatic heterocycles. The van der Waals surface area contributed by atoms with Crippen molar-refractivity contribution in [2.45, 2.75) is 12.3 Å². The average molecular weight is 802 g/mol. The molecule has 9 aromatic rings. The van der Waals surface area contributed by atoms with Gasteiger partial charge in [-0.25, -0.2) is 0 Å². The molecule has 1 aromatic heterocycles. The van der Waals surface area contributed by atoms with Crippen molar-refractivity contribution in [3.05, 3.63) is 246 Å². The summed E-state index contributed by atoms with van der Waals surface area (Å²) in [7, 11) is 0. The van der Waals surface area contributed by atoms with Crippen molar-refractivity contribution in [2.75, 3.05) is 4.90 Å². The van der Waals surface area contributed by atoms with Crippen molar-refractivity contribution in [1.82, 2.24) is 4.98 Å². The Labute approximate surface area is 367 Å². The molecule has 12 rings (SSSR count). The van der Waals surface area contributed by atoms with E-state index in [4.69, 9.17) is 0 Å². The Kier molecular flexibility index (Phi) is 8.69. The van der Waals surface area contributed by atoms with Crippen LogP contribution in [0.4, 0.5) is 17.1 Å². The predicted molar refractivity (Wildman–Crippen MR) is 261 cm³/mol. The van der Waals surface area contributed by atoms with Gasteiger partial charge in [-0.2, -0.15) is 5.26 Å². The zero-order chi connectivity index (χ0) is 41.9. The number of pyridine rings is 1. The van der Waals surface area contributed by atoms with Gasteiger partial charge < -0.3 is 4.90 Å². The Bertz CT molecular complexity index is 3440. The highest BCUT2D eigenvalue weighted by Gasteiger charge is 2.32. The number of rotatable bonds is 7. The second kappa shape index (κ2) is 15.0. The fourth-order valence-corrected chi connectivity index (χ4v) is 10.2. The zero-order valence-electron chi connectivity index (χ0n) is 34.4. The third-order valence-electron chi connectivity index (χ3n) is 13.1. The smallest absolute Gasteiger partial charge is 0.0991 e. The maximum atomic E-state index is 9.59. The van der Waals surface area contributed by atoms with Gasteiger partial charge in [-0.1, -0.05) is 146 Å². The lowest BCUT2D eigenvalue weighted by Gasteiger charge is -2.34. The van der Waals surface area contributed by atoms with Crippen molar-refractivity contribution in [2.24, 2.45) is 0 Å². The van der Waals surface area contributed by atoms with Gasteiger partial charge in [0.15, 0.2) is 0 Å². The topological polar surface area (TPSA) is 39.9 Å². The minimum Gasteiger partial charge on any atom is -0.311 e. The van der Waals surface area contributed by atoms with Crippen LogP contribution in [0.15, 0.2) is 224 Å². The standard InChI is InChI=1S/C60H39N3/c61-37-39-15-26-48(27-16-39)63(50-30-21-41(22-31-50)47-12-7-35-62-38-47)49-28-19-40(20-29-49)46-25-34-55-56(36-46)60(52-14-5-4-13-51(52)58(55)42-8-2-1-3-9-42)54-33-24-45-18-17-43-10-6-11-44-23-32-53(54)59(45)57(43)44/h1-17,19-36,38,57H,18H2. The Hall–Kier alpha value is -8.32. The van der Waals surface area contributed by atoms with Crippen LogP contribution >= 0.6 is 0 Å². The van der Waals surface area contributed by atoms with E-state index < -0.39 is 0 Å². The van der Waals surface area contributed by atoms with Crippen LogP contribution in [-0.2, 0) is 6.42 Å². The van der Waals surface area contributed by atoms with E-state index >= 15 is 0 Å². The Morgan fingerprint density at radius 1 is 0.524 bits per heavy atom. The van der Waals surface area contributed by atoms with Gasteiger partial charge >= 0.3 is 0 Å². The molecule has 0 radical (unpaired) electrons. The first-order valence-electron chi connectivity index (χ1n) is 21.6. The summed E-state index contributed by atoms with van der Waals surface area (Å²) in [6.45, 7) is 0. The first-order valence-corrected chi connectivity index (χ1v) is 21.6. The van der Waals surface area contributed by atoms with Crippen LogP contribution in [0.25, 0.3) is 72.1 Å². The second-order valence-electron chi connectivity index (χ2n) is 16.6. The first-order chi connectivity index (χ1) is 31.2. The number of hydrogen-bond donors (Lipinski definition) is 0. The molecule has 0 amide bonds. The van der Waals surface area contributed by atoms with Gasteiger partial charge in [-0.05, 0) is 161 Å². The van der Waals surface area contributed by atoms with Gasteiger partial charge in [-0.15, -0.1) is 0 Å². The monoisotopic (exact) mass is 801 g/mol. The third-order valence-corrected chi connectivity index (χ3v) is 13.1. The minimum atomic E-state index is 0.275. The van der Waals surface area contributed by atoms with E-state index in [0.29, 0.717) is 5.56 Å². The number of nitriles is 1. The molecule has 294 valence electrons. The lowest BCUT2D eigenvalue weighted by atomic mass is 9.69. The van der Waals surface area contributed by atoms with Gasteiger partial charge in [0.25, 0.3) is 0 Å². The molecular formula is C60H39N3. The highest BCUT2D eigenvalue weighted by molar-refractivity contribution is 6.22. The van der Waals surface area contributed by atoms with Crippen LogP contribution in [0.5, 0.6) is 0 Å². The molecule has 0 fully saturated rings. The molecule has 3 aliphatic carbocycles. The summed E-state index contributed by atoms with van der Waals surface area (Å²) in [6.07, 6.45) is 18.5. The van der Waals surface area contributed by atoms with E-state index in [1.807, 2.05) is 36.5 Å². The van der Waals surface area contributed by atoms with Crippen LogP contribution in [0.3, 0.4) is 0 Å². The number of fused-ring (bicyclic) bond motifs is 2. The number of benzene rings is 8. The van der Waals surface area contributed by atoms with E-state index in [1.54, 1.807) is 6.20 Å². The van der Waals surface area contributed by atoms with Gasteiger partial charge in [0.2, 0.25) is 0 Å². The molecule has 0 bridgehead atoms. The van der Waals surface area contributed by atoms with Crippen LogP contribution in [-0.4, -0.2) is 4.98 Å². The molecule has 0 saturated carbocycles. The van der Waals surface area contributed by atoms with Crippen LogP contribution in [0.2, 0.25) is 0 Å². The maximum absolute atomic E-state index is 9.59. The van der Waals surface area contributed by atoms with E-state index in [1.165, 1.54) is 71.6 Å². The third kappa shape index (κ3) is 6.15. The Balaban J connectivity index is 1.02. The van der Waals surface area contributed by atoms with Gasteiger partial charge in [0.05, 0.1) is 11.6 Å². The van der Waals surface area contributed by atoms with Crippen molar-refractivity contribution in [1.29, 1.82) is 5.26 Å². The number of hydrogen-bond acceptors (Lipinski definition) is 3. The second-order valence-corrected chi connectivity index (χ2v) is 16.6. The largest absolute Gasteiger partial charge is 0.311 e. The summed E-state index contributed by atoms with van der Waals surface area (Å²) >= 11 is 0. The molecule has 0 saturated heterocycles. The maximum Gasteiger partial charge on any atom is 0.0991 e. The van der Waals surface area contributed by atoms with Gasteiger partial charge in [0.1, 0.15) is 0 Å². The number of nitrogens with zero attached hydrogens (tertiary/aromatic N) is 3. The van der Waals surface area contributed by atoms with E-state index in [0.717, 1.165) is 45.7 Å². The fourth-order valence-electron chi connectivity index (χ4n) is 10.2. The van der Waals surface area contributed by atoms with E-state index in [9.17, 15) is 5.26 Å². The number of aromatic nitrogens is 1. The fraction of sp³-hybridized carbons (Fsp3) is 0.0333. The molecule has 0 N–H and O–H groups in total. The summed E-state index contributed by atoms with van der Waals surface area (Å²) in [5, 5.41) is 14.6. The molecule has 1 atom stereocenters. The molecule has 3 aliphatic rings. The van der Waals surface area contributed by atoms with Crippen molar-refractivity contribution >= 4 is 44.7 Å². The molecule has 1 heterocycles. The summed E-state index contributed by atoms with van der Waals surface area (Å²) in [4.78, 5) is 6.57. The Morgan fingerprint density at radius 2 is 1.17 bits per heavy atom. The molecule has 1 unspecified atom stereocenters. The summed E-state index contributed by atoms with van der Waals surface area (Å²) in [5.41, 5.74) is 20.1. The van der Waals surface area contributed by atoms with Crippen LogP contribution in [0, 0.1) is 11.3 Å².